The maximum atomic E-state index is 12.0. The zero-order valence-corrected chi connectivity index (χ0v) is 22.7. The molecule has 5 atom stereocenters. The standard InChI is InChI=1S/C25H32O14/c1-12(26)33-10-17-8-18(31-6)21(19(9-17)32-7)39-25-24(37-16(5)30)23(36-15(4)29)22(35-14(3)28)20(38-25)11-34-13(2)27/h8-9,20,22-25H,10-11H2,1-7H3/t20-,22-,23+,24-,25+/m1/s1. The molecule has 216 valence electrons. The molecule has 0 aliphatic carbocycles. The molecule has 14 heteroatoms. The molecule has 1 aliphatic heterocycles. The van der Waals surface area contributed by atoms with Crippen molar-refractivity contribution in [2.45, 2.75) is 71.9 Å². The Labute approximate surface area is 224 Å². The van der Waals surface area contributed by atoms with E-state index in [-0.39, 0.29) is 23.9 Å². The lowest BCUT2D eigenvalue weighted by Crippen LogP contribution is -2.63. The van der Waals surface area contributed by atoms with Crippen molar-refractivity contribution >= 4 is 29.8 Å². The van der Waals surface area contributed by atoms with E-state index in [1.54, 1.807) is 0 Å². The largest absolute Gasteiger partial charge is 0.493 e. The Hall–Kier alpha value is -4.07. The number of carbonyl (C=O) groups is 5. The number of carbonyl (C=O) groups excluding carboxylic acids is 5. The monoisotopic (exact) mass is 556 g/mol. The second-order valence-electron chi connectivity index (χ2n) is 8.30. The van der Waals surface area contributed by atoms with Crippen LogP contribution in [0.25, 0.3) is 0 Å². The summed E-state index contributed by atoms with van der Waals surface area (Å²) in [5.41, 5.74) is 0.507. The Morgan fingerprint density at radius 2 is 1.18 bits per heavy atom. The zero-order valence-electron chi connectivity index (χ0n) is 22.7. The lowest BCUT2D eigenvalue weighted by atomic mass is 9.98. The highest BCUT2D eigenvalue weighted by Gasteiger charge is 2.53. The first kappa shape index (κ1) is 31.1. The highest BCUT2D eigenvalue weighted by molar-refractivity contribution is 5.69. The fraction of sp³-hybridized carbons (Fsp3) is 0.560. The molecule has 0 amide bonds. The molecule has 0 radical (unpaired) electrons. The quantitative estimate of drug-likeness (QED) is 0.282. The SMILES string of the molecule is COc1cc(COC(C)=O)cc(OC)c1O[C@@H]1O[C@H](COC(C)=O)[C@@H](OC(C)=O)[C@H](OC(C)=O)[C@H]1OC(C)=O. The Morgan fingerprint density at radius 3 is 1.64 bits per heavy atom. The van der Waals surface area contributed by atoms with Gasteiger partial charge in [-0.3, -0.25) is 24.0 Å². The van der Waals surface area contributed by atoms with Crippen LogP contribution in [0.3, 0.4) is 0 Å². The predicted octanol–water partition coefficient (Wildman–Crippen LogP) is 1.23. The number of rotatable bonds is 11. The second kappa shape index (κ2) is 14.2. The van der Waals surface area contributed by atoms with Gasteiger partial charge in [0, 0.05) is 34.6 Å². The minimum Gasteiger partial charge on any atom is -0.493 e. The molecule has 0 bridgehead atoms. The minimum absolute atomic E-state index is 0.00697. The molecule has 1 aromatic carbocycles. The van der Waals surface area contributed by atoms with Gasteiger partial charge in [0.2, 0.25) is 18.1 Å². The first-order chi connectivity index (χ1) is 18.4. The first-order valence-electron chi connectivity index (χ1n) is 11.7. The molecule has 0 unspecified atom stereocenters. The van der Waals surface area contributed by atoms with E-state index in [9.17, 15) is 24.0 Å². The molecule has 14 nitrogen and oxygen atoms in total. The topological polar surface area (TPSA) is 168 Å². The maximum absolute atomic E-state index is 12.0. The molecule has 39 heavy (non-hydrogen) atoms. The van der Waals surface area contributed by atoms with Crippen LogP contribution in [0.15, 0.2) is 12.1 Å². The van der Waals surface area contributed by atoms with Gasteiger partial charge in [0.1, 0.15) is 19.3 Å². The van der Waals surface area contributed by atoms with Gasteiger partial charge in [-0.1, -0.05) is 0 Å². The fourth-order valence-corrected chi connectivity index (χ4v) is 3.72. The molecule has 0 aromatic heterocycles. The number of hydrogen-bond acceptors (Lipinski definition) is 14. The number of esters is 5. The van der Waals surface area contributed by atoms with Gasteiger partial charge in [-0.05, 0) is 17.7 Å². The molecular weight excluding hydrogens is 524 g/mol. The van der Waals surface area contributed by atoms with Crippen LogP contribution in [-0.4, -0.2) is 81.4 Å². The van der Waals surface area contributed by atoms with E-state index >= 15 is 0 Å². The van der Waals surface area contributed by atoms with Gasteiger partial charge in [0.05, 0.1) is 14.2 Å². The summed E-state index contributed by atoms with van der Waals surface area (Å²) in [4.78, 5) is 58.7. The van der Waals surface area contributed by atoms with E-state index in [0.717, 1.165) is 27.7 Å². The average Bonchev–Trinajstić information content (AvgIpc) is 2.84. The van der Waals surface area contributed by atoms with Crippen molar-refractivity contribution in [3.05, 3.63) is 17.7 Å². The normalized spacial score (nSPS) is 22.1. The Bertz CT molecular complexity index is 1040. The summed E-state index contributed by atoms with van der Waals surface area (Å²) >= 11 is 0. The molecule has 1 saturated heterocycles. The van der Waals surface area contributed by atoms with Crippen molar-refractivity contribution in [2.75, 3.05) is 20.8 Å². The van der Waals surface area contributed by atoms with Gasteiger partial charge in [-0.25, -0.2) is 0 Å². The summed E-state index contributed by atoms with van der Waals surface area (Å²) in [7, 11) is 2.70. The lowest BCUT2D eigenvalue weighted by molar-refractivity contribution is -0.288. The van der Waals surface area contributed by atoms with Crippen molar-refractivity contribution in [1.29, 1.82) is 0 Å². The van der Waals surface area contributed by atoms with Crippen LogP contribution >= 0.6 is 0 Å². The lowest BCUT2D eigenvalue weighted by Gasteiger charge is -2.44. The third kappa shape index (κ3) is 9.02. The van der Waals surface area contributed by atoms with Gasteiger partial charge in [0.15, 0.2) is 23.7 Å². The van der Waals surface area contributed by atoms with Gasteiger partial charge in [-0.15, -0.1) is 0 Å². The smallest absolute Gasteiger partial charge is 0.303 e. The van der Waals surface area contributed by atoms with Crippen LogP contribution in [0.5, 0.6) is 17.2 Å². The summed E-state index contributed by atoms with van der Waals surface area (Å²) in [6, 6.07) is 3.04. The van der Waals surface area contributed by atoms with Crippen molar-refractivity contribution in [2.24, 2.45) is 0 Å². The molecular formula is C25H32O14. The highest BCUT2D eigenvalue weighted by atomic mass is 16.7. The average molecular weight is 557 g/mol. The highest BCUT2D eigenvalue weighted by Crippen LogP contribution is 2.41. The van der Waals surface area contributed by atoms with Crippen LogP contribution < -0.4 is 14.2 Å². The molecule has 0 saturated carbocycles. The molecule has 0 spiro atoms. The number of benzene rings is 1. The van der Waals surface area contributed by atoms with Gasteiger partial charge in [0.25, 0.3) is 0 Å². The van der Waals surface area contributed by atoms with E-state index in [1.807, 2.05) is 0 Å². The summed E-state index contributed by atoms with van der Waals surface area (Å²) < 4.78 is 49.1. The van der Waals surface area contributed by atoms with Crippen LogP contribution in [0.4, 0.5) is 0 Å². The van der Waals surface area contributed by atoms with E-state index in [2.05, 4.69) is 0 Å². The Balaban J connectivity index is 2.58. The van der Waals surface area contributed by atoms with Gasteiger partial charge < -0.3 is 42.6 Å². The van der Waals surface area contributed by atoms with Crippen LogP contribution in [-0.2, 0) is 59.0 Å². The predicted molar refractivity (Wildman–Crippen MR) is 128 cm³/mol. The molecule has 1 aromatic rings. The zero-order chi connectivity index (χ0) is 29.3. The molecule has 1 fully saturated rings. The van der Waals surface area contributed by atoms with Crippen LogP contribution in [0.2, 0.25) is 0 Å². The first-order valence-corrected chi connectivity index (χ1v) is 11.7. The molecule has 0 N–H and O–H groups in total. The molecule has 1 heterocycles. The Kier molecular flexibility index (Phi) is 11.3. The Morgan fingerprint density at radius 1 is 0.692 bits per heavy atom. The third-order valence-corrected chi connectivity index (χ3v) is 5.14. The van der Waals surface area contributed by atoms with Crippen LogP contribution in [0.1, 0.15) is 40.2 Å². The third-order valence-electron chi connectivity index (χ3n) is 5.14. The second-order valence-corrected chi connectivity index (χ2v) is 8.30. The summed E-state index contributed by atoms with van der Waals surface area (Å²) in [5, 5.41) is 0. The van der Waals surface area contributed by atoms with E-state index in [4.69, 9.17) is 42.6 Å². The van der Waals surface area contributed by atoms with Crippen molar-refractivity contribution < 1.29 is 66.6 Å². The summed E-state index contributed by atoms with van der Waals surface area (Å²) in [5.74, 6) is -3.24. The number of methoxy groups -OCH3 is 2. The van der Waals surface area contributed by atoms with Crippen molar-refractivity contribution in [1.82, 2.24) is 0 Å². The minimum atomic E-state index is -1.51. The fourth-order valence-electron chi connectivity index (χ4n) is 3.72. The van der Waals surface area contributed by atoms with Crippen molar-refractivity contribution in [3.63, 3.8) is 0 Å². The van der Waals surface area contributed by atoms with Gasteiger partial charge in [-0.2, -0.15) is 0 Å². The molecule has 2 rings (SSSR count). The van der Waals surface area contributed by atoms with E-state index in [0.29, 0.717) is 5.56 Å². The van der Waals surface area contributed by atoms with E-state index in [1.165, 1.54) is 33.3 Å². The number of hydrogen-bond donors (Lipinski definition) is 0. The maximum Gasteiger partial charge on any atom is 0.303 e. The van der Waals surface area contributed by atoms with E-state index < -0.39 is 67.2 Å². The van der Waals surface area contributed by atoms with Gasteiger partial charge >= 0.3 is 29.8 Å². The van der Waals surface area contributed by atoms with Crippen molar-refractivity contribution in [3.8, 4) is 17.2 Å². The summed E-state index contributed by atoms with van der Waals surface area (Å²) in [6.07, 6.45) is -6.94. The van der Waals surface area contributed by atoms with Crippen LogP contribution in [0, 0.1) is 0 Å². The number of ether oxygens (including phenoxy) is 9. The molecule has 1 aliphatic rings. The summed E-state index contributed by atoms with van der Waals surface area (Å²) in [6.45, 7) is 5.25.